The second-order valence-electron chi connectivity index (χ2n) is 8.40. The van der Waals surface area contributed by atoms with Crippen LogP contribution >= 0.6 is 0 Å². The molecule has 0 unspecified atom stereocenters. The van der Waals surface area contributed by atoms with E-state index in [0.29, 0.717) is 12.1 Å². The van der Waals surface area contributed by atoms with Crippen molar-refractivity contribution in [1.82, 2.24) is 24.8 Å². The zero-order valence-electron chi connectivity index (χ0n) is 18.9. The molecule has 2 aliphatic heterocycles. The van der Waals surface area contributed by atoms with Gasteiger partial charge in [0.15, 0.2) is 0 Å². The lowest BCUT2D eigenvalue weighted by Gasteiger charge is -2.15. The third-order valence-corrected chi connectivity index (χ3v) is 6.12. The number of fused-ring (bicyclic) bond motifs is 4. The number of imidazole rings is 1. The van der Waals surface area contributed by atoms with Crippen molar-refractivity contribution in [3.63, 3.8) is 0 Å². The molecule has 0 saturated carbocycles. The van der Waals surface area contributed by atoms with Crippen LogP contribution in [-0.4, -0.2) is 43.9 Å². The molecule has 172 valence electrons. The van der Waals surface area contributed by atoms with Crippen LogP contribution in [0.3, 0.4) is 0 Å². The number of nitrogens with zero attached hydrogens (tertiary/aromatic N) is 3. The lowest BCUT2D eigenvalue weighted by molar-refractivity contribution is -0.125. The number of rotatable bonds is 6. The van der Waals surface area contributed by atoms with Crippen LogP contribution < -0.4 is 16.4 Å². The van der Waals surface area contributed by atoms with E-state index >= 15 is 0 Å². The second-order valence-corrected chi connectivity index (χ2v) is 8.40. The van der Waals surface area contributed by atoms with Crippen LogP contribution in [0.25, 0.3) is 33.2 Å². The molecule has 0 radical (unpaired) electrons. The van der Waals surface area contributed by atoms with Crippen molar-refractivity contribution in [2.75, 3.05) is 11.9 Å². The van der Waals surface area contributed by atoms with E-state index in [1.54, 1.807) is 6.20 Å². The molecule has 5 rings (SSSR count). The number of hydrogen-bond donors (Lipinski definition) is 4. The highest BCUT2D eigenvalue weighted by Crippen LogP contribution is 2.38. The van der Waals surface area contributed by atoms with Crippen molar-refractivity contribution in [3.05, 3.63) is 66.2 Å². The summed E-state index contributed by atoms with van der Waals surface area (Å²) in [7, 11) is 2.01. The fourth-order valence-corrected chi connectivity index (χ4v) is 4.38. The minimum Gasteiger partial charge on any atom is -0.348 e. The summed E-state index contributed by atoms with van der Waals surface area (Å²) in [5, 5.41) is 7.57. The van der Waals surface area contributed by atoms with Crippen LogP contribution in [-0.2, 0) is 23.1 Å². The van der Waals surface area contributed by atoms with Gasteiger partial charge in [0.25, 0.3) is 0 Å². The molecule has 2 amide bonds. The summed E-state index contributed by atoms with van der Waals surface area (Å²) in [5.41, 5.74) is 11.5. The minimum atomic E-state index is -0.773. The highest BCUT2D eigenvalue weighted by atomic mass is 16.2. The Bertz CT molecular complexity index is 1490. The maximum atomic E-state index is 12.5. The second kappa shape index (κ2) is 8.60. The van der Waals surface area contributed by atoms with Gasteiger partial charge in [-0.1, -0.05) is 18.2 Å². The first-order chi connectivity index (χ1) is 16.4. The van der Waals surface area contributed by atoms with Crippen molar-refractivity contribution >= 4 is 39.3 Å². The molecule has 34 heavy (non-hydrogen) atoms. The topological polar surface area (TPSA) is 131 Å². The monoisotopic (exact) mass is 455 g/mol. The van der Waals surface area contributed by atoms with Gasteiger partial charge in [0.2, 0.25) is 11.8 Å². The predicted molar refractivity (Wildman–Crippen MR) is 131 cm³/mol. The summed E-state index contributed by atoms with van der Waals surface area (Å²) in [4.78, 5) is 36.4. The summed E-state index contributed by atoms with van der Waals surface area (Å²) in [6.07, 6.45) is 3.45. The van der Waals surface area contributed by atoms with E-state index in [9.17, 15) is 9.59 Å². The van der Waals surface area contributed by atoms with Crippen molar-refractivity contribution in [2.45, 2.75) is 19.4 Å². The lowest BCUT2D eigenvalue weighted by atomic mass is 10.00. The largest absolute Gasteiger partial charge is 0.348 e. The van der Waals surface area contributed by atoms with E-state index < -0.39 is 11.9 Å². The van der Waals surface area contributed by atoms with Crippen molar-refractivity contribution in [2.24, 2.45) is 12.8 Å². The third-order valence-electron chi connectivity index (χ3n) is 6.12. The summed E-state index contributed by atoms with van der Waals surface area (Å²) < 4.78 is 2.10. The van der Waals surface area contributed by atoms with Gasteiger partial charge < -0.3 is 25.9 Å². The molecule has 5 N–H and O–H groups in total. The Morgan fingerprint density at radius 2 is 2.00 bits per heavy atom. The standard InChI is InChI=1S/C25H25N7O2/c1-14-17-5-3-4-6-21(17)32(2)24-23(14)18-9-15(7-8-20(18)31-24)30-22(33)12-28-25(34)19(26)10-16-11-27-13-29-16/h3-9,11,13,19H,10,12,26H2,1-2H3,(H,27,29)(H,28,34)(H,30,33)/t19-/m0/s1. The Hall–Kier alpha value is -4.24. The van der Waals surface area contributed by atoms with Gasteiger partial charge >= 0.3 is 0 Å². The van der Waals surface area contributed by atoms with Gasteiger partial charge in [0.1, 0.15) is 5.82 Å². The third kappa shape index (κ3) is 3.86. The molecular formula is C25H25N7O2. The number of aromatic amines is 1. The number of carbonyl (C=O) groups excluding carboxylic acids is 2. The molecule has 0 saturated heterocycles. The number of aromatic nitrogens is 4. The molecule has 3 aromatic rings. The Morgan fingerprint density at radius 1 is 1.18 bits per heavy atom. The molecule has 1 atom stereocenters. The van der Waals surface area contributed by atoms with Crippen molar-refractivity contribution in [1.29, 1.82) is 0 Å². The first-order valence-electron chi connectivity index (χ1n) is 11.0. The Labute approximate surface area is 195 Å². The normalized spacial score (nSPS) is 12.3. The number of aryl methyl sites for hydroxylation is 2. The van der Waals surface area contributed by atoms with E-state index in [1.807, 2.05) is 37.4 Å². The zero-order valence-corrected chi connectivity index (χ0v) is 18.9. The van der Waals surface area contributed by atoms with Gasteiger partial charge in [-0.25, -0.2) is 9.97 Å². The Kier molecular flexibility index (Phi) is 5.46. The van der Waals surface area contributed by atoms with Crippen LogP contribution in [0.1, 0.15) is 11.3 Å². The van der Waals surface area contributed by atoms with Crippen molar-refractivity contribution in [3.8, 4) is 11.4 Å². The molecule has 2 aliphatic rings. The molecule has 3 heterocycles. The van der Waals surface area contributed by atoms with Crippen LogP contribution in [0.5, 0.6) is 0 Å². The number of pyridine rings is 1. The van der Waals surface area contributed by atoms with E-state index in [0.717, 1.165) is 44.5 Å². The van der Waals surface area contributed by atoms with Gasteiger partial charge in [-0.2, -0.15) is 0 Å². The molecular weight excluding hydrogens is 430 g/mol. The van der Waals surface area contributed by atoms with Crippen LogP contribution in [0, 0.1) is 6.92 Å². The predicted octanol–water partition coefficient (Wildman–Crippen LogP) is 2.49. The summed E-state index contributed by atoms with van der Waals surface area (Å²) in [5.74, 6) is 0.160. The number of hydrogen-bond acceptors (Lipinski definition) is 5. The molecule has 2 aromatic carbocycles. The molecule has 0 spiro atoms. The number of H-pyrrole nitrogens is 1. The highest BCUT2D eigenvalue weighted by Gasteiger charge is 2.21. The van der Waals surface area contributed by atoms with Gasteiger partial charge in [-0.05, 0) is 36.8 Å². The molecule has 0 bridgehead atoms. The smallest absolute Gasteiger partial charge is 0.243 e. The zero-order chi connectivity index (χ0) is 23.8. The number of amides is 2. The van der Waals surface area contributed by atoms with Crippen LogP contribution in [0.4, 0.5) is 5.69 Å². The van der Waals surface area contributed by atoms with Gasteiger partial charge in [-0.15, -0.1) is 0 Å². The number of anilines is 1. The van der Waals surface area contributed by atoms with Crippen molar-refractivity contribution < 1.29 is 9.59 Å². The molecule has 1 aromatic heterocycles. The quantitative estimate of drug-likeness (QED) is 0.312. The van der Waals surface area contributed by atoms with Gasteiger partial charge in [0, 0.05) is 52.9 Å². The molecule has 0 aliphatic carbocycles. The fourth-order valence-electron chi connectivity index (χ4n) is 4.38. The van der Waals surface area contributed by atoms with E-state index in [4.69, 9.17) is 10.7 Å². The molecule has 9 heteroatoms. The number of nitrogens with one attached hydrogen (secondary N) is 3. The summed E-state index contributed by atoms with van der Waals surface area (Å²) >= 11 is 0. The maximum absolute atomic E-state index is 12.5. The first-order valence-corrected chi connectivity index (χ1v) is 11.0. The van der Waals surface area contributed by atoms with E-state index in [1.165, 1.54) is 6.33 Å². The maximum Gasteiger partial charge on any atom is 0.243 e. The molecule has 9 nitrogen and oxygen atoms in total. The number of nitrogens with two attached hydrogens (primary N) is 1. The number of carbonyl (C=O) groups is 2. The van der Waals surface area contributed by atoms with Crippen LogP contribution in [0.15, 0.2) is 55.0 Å². The highest BCUT2D eigenvalue weighted by molar-refractivity contribution is 6.06. The van der Waals surface area contributed by atoms with E-state index in [-0.39, 0.29) is 12.5 Å². The Morgan fingerprint density at radius 3 is 2.79 bits per heavy atom. The van der Waals surface area contributed by atoms with Gasteiger partial charge in [-0.3, -0.25) is 9.59 Å². The lowest BCUT2D eigenvalue weighted by Crippen LogP contribution is -2.44. The molecule has 0 fully saturated rings. The first kappa shape index (κ1) is 21.6. The summed E-state index contributed by atoms with van der Waals surface area (Å²) in [6, 6.07) is 13.1. The van der Waals surface area contributed by atoms with Gasteiger partial charge in [0.05, 0.1) is 24.4 Å². The fraction of sp³-hybridized carbons (Fsp3) is 0.200. The SMILES string of the molecule is Cc1c2c3cc(NC(=O)CNC(=O)[C@@H](N)Cc4cnc[nH]4)ccc3nc-2n(C)c2ccccc12. The average molecular weight is 456 g/mol. The number of para-hydroxylation sites is 1. The average Bonchev–Trinajstić information content (AvgIpc) is 3.48. The minimum absolute atomic E-state index is 0.174. The Balaban J connectivity index is 1.33. The van der Waals surface area contributed by atoms with E-state index in [2.05, 4.69) is 44.2 Å². The number of benzene rings is 2. The van der Waals surface area contributed by atoms with Crippen LogP contribution in [0.2, 0.25) is 0 Å². The summed E-state index contributed by atoms with van der Waals surface area (Å²) in [6.45, 7) is 1.92.